The molecule has 2 aliphatic rings. The molecule has 128 valence electrons. The Hall–Kier alpha value is -1.59. The number of nitrogens with zero attached hydrogens (tertiary/aromatic N) is 1. The van der Waals surface area contributed by atoms with E-state index in [4.69, 9.17) is 17.0 Å². The van der Waals surface area contributed by atoms with E-state index in [1.807, 2.05) is 0 Å². The number of aromatic nitrogens is 1. The topological polar surface area (TPSA) is 40.3 Å². The first-order valence-corrected chi connectivity index (χ1v) is 9.42. The number of aromatic amines is 1. The average Bonchev–Trinajstić information content (AvgIpc) is 3.29. The molecule has 0 aliphatic carbocycles. The highest BCUT2D eigenvalue weighted by Crippen LogP contribution is 2.29. The van der Waals surface area contributed by atoms with E-state index < -0.39 is 0 Å². The van der Waals surface area contributed by atoms with Crippen LogP contribution in [0.4, 0.5) is 0 Å². The lowest BCUT2D eigenvalue weighted by Gasteiger charge is -2.33. The molecule has 2 saturated heterocycles. The van der Waals surface area contributed by atoms with Crippen molar-refractivity contribution in [2.45, 2.75) is 37.7 Å². The molecule has 2 N–H and O–H groups in total. The third-order valence-corrected chi connectivity index (χ3v) is 5.68. The number of hydrogen-bond donors (Lipinski definition) is 2. The van der Waals surface area contributed by atoms with Crippen molar-refractivity contribution in [2.75, 3.05) is 26.2 Å². The summed E-state index contributed by atoms with van der Waals surface area (Å²) in [6, 6.07) is 10.8. The second-order valence-corrected chi connectivity index (χ2v) is 7.28. The first kappa shape index (κ1) is 15.9. The number of rotatable bonds is 3. The molecular formula is C19H25N3OS. The van der Waals surface area contributed by atoms with Gasteiger partial charge in [-0.15, -0.1) is 0 Å². The van der Waals surface area contributed by atoms with Gasteiger partial charge in [0.05, 0.1) is 6.10 Å². The summed E-state index contributed by atoms with van der Waals surface area (Å²) in [4.78, 5) is 5.90. The number of hydrogen-bond acceptors (Lipinski definition) is 2. The lowest BCUT2D eigenvalue weighted by molar-refractivity contribution is 0.113. The van der Waals surface area contributed by atoms with Gasteiger partial charge in [0.2, 0.25) is 0 Å². The molecule has 0 spiro atoms. The second-order valence-electron chi connectivity index (χ2n) is 6.89. The predicted octanol–water partition coefficient (Wildman–Crippen LogP) is 3.40. The van der Waals surface area contributed by atoms with Crippen molar-refractivity contribution in [3.8, 4) is 0 Å². The summed E-state index contributed by atoms with van der Waals surface area (Å²) in [7, 11) is 0. The Labute approximate surface area is 148 Å². The monoisotopic (exact) mass is 343 g/mol. The first-order valence-electron chi connectivity index (χ1n) is 9.01. The lowest BCUT2D eigenvalue weighted by atomic mass is 9.94. The van der Waals surface area contributed by atoms with Crippen LogP contribution in [0.25, 0.3) is 10.9 Å². The molecule has 4 nitrogen and oxygen atoms in total. The van der Waals surface area contributed by atoms with E-state index in [9.17, 15) is 0 Å². The summed E-state index contributed by atoms with van der Waals surface area (Å²) in [6.07, 6.45) is 4.96. The Kier molecular flexibility index (Phi) is 4.72. The Morgan fingerprint density at radius 2 is 2.08 bits per heavy atom. The summed E-state index contributed by atoms with van der Waals surface area (Å²) < 4.78 is 5.65. The molecule has 0 bridgehead atoms. The summed E-state index contributed by atoms with van der Waals surface area (Å²) in [5, 5.41) is 5.59. The Balaban J connectivity index is 1.30. The van der Waals surface area contributed by atoms with Crippen LogP contribution in [0.3, 0.4) is 0 Å². The minimum atomic E-state index is 0.340. The zero-order chi connectivity index (χ0) is 16.4. The van der Waals surface area contributed by atoms with Crippen LogP contribution >= 0.6 is 12.2 Å². The Bertz CT molecular complexity index is 666. The van der Waals surface area contributed by atoms with Crippen LogP contribution in [0.15, 0.2) is 30.3 Å². The number of thiocarbonyl (C=S) groups is 1. The Morgan fingerprint density at radius 1 is 1.25 bits per heavy atom. The van der Waals surface area contributed by atoms with Gasteiger partial charge in [0.25, 0.3) is 0 Å². The van der Waals surface area contributed by atoms with Crippen LogP contribution in [0, 0.1) is 0 Å². The van der Waals surface area contributed by atoms with Crippen molar-refractivity contribution < 1.29 is 4.74 Å². The van der Waals surface area contributed by atoms with Gasteiger partial charge in [-0.3, -0.25) is 0 Å². The van der Waals surface area contributed by atoms with Crippen LogP contribution in [0.2, 0.25) is 0 Å². The second kappa shape index (κ2) is 7.11. The first-order chi connectivity index (χ1) is 11.8. The normalized spacial score (nSPS) is 22.2. The molecule has 0 radical (unpaired) electrons. The SMILES string of the molecule is S=C(NC[C@@H]1CCCO1)N1CCC(c2cc3ccccc3[nH]2)CC1. The number of ether oxygens (including phenoxy) is 1. The summed E-state index contributed by atoms with van der Waals surface area (Å²) >= 11 is 5.57. The van der Waals surface area contributed by atoms with E-state index in [1.54, 1.807) is 0 Å². The van der Waals surface area contributed by atoms with Crippen LogP contribution < -0.4 is 5.32 Å². The van der Waals surface area contributed by atoms with Crippen molar-refractivity contribution in [1.82, 2.24) is 15.2 Å². The molecule has 0 amide bonds. The molecule has 5 heteroatoms. The van der Waals surface area contributed by atoms with E-state index >= 15 is 0 Å². The summed E-state index contributed by atoms with van der Waals surface area (Å²) in [5.74, 6) is 0.606. The third-order valence-electron chi connectivity index (χ3n) is 5.28. The largest absolute Gasteiger partial charge is 0.376 e. The standard InChI is InChI=1S/C19H25N3OS/c24-19(20-13-16-5-3-11-23-16)22-9-7-14(8-10-22)18-12-15-4-1-2-6-17(15)21-18/h1-2,4,6,12,14,16,21H,3,5,7-11,13H2,(H,20,24)/t16-/m0/s1. The van der Waals surface area contributed by atoms with E-state index in [2.05, 4.69) is 45.5 Å². The average molecular weight is 343 g/mol. The highest BCUT2D eigenvalue weighted by atomic mass is 32.1. The van der Waals surface area contributed by atoms with E-state index in [0.717, 1.165) is 50.6 Å². The minimum absolute atomic E-state index is 0.340. The zero-order valence-electron chi connectivity index (χ0n) is 14.0. The van der Waals surface area contributed by atoms with Gasteiger partial charge < -0.3 is 19.9 Å². The molecule has 1 atom stereocenters. The summed E-state index contributed by atoms with van der Waals surface area (Å²) in [5.41, 5.74) is 2.61. The van der Waals surface area contributed by atoms with Gasteiger partial charge in [0, 0.05) is 43.4 Å². The van der Waals surface area contributed by atoms with Crippen molar-refractivity contribution in [2.24, 2.45) is 0 Å². The molecule has 1 aromatic heterocycles. The van der Waals surface area contributed by atoms with E-state index in [1.165, 1.54) is 23.0 Å². The predicted molar refractivity (Wildman–Crippen MR) is 101 cm³/mol. The maximum atomic E-state index is 5.65. The Morgan fingerprint density at radius 3 is 2.83 bits per heavy atom. The zero-order valence-corrected chi connectivity index (χ0v) is 14.8. The number of H-pyrrole nitrogens is 1. The van der Waals surface area contributed by atoms with Gasteiger partial charge in [0.15, 0.2) is 5.11 Å². The fraction of sp³-hybridized carbons (Fsp3) is 0.526. The molecular weight excluding hydrogens is 318 g/mol. The number of para-hydroxylation sites is 1. The van der Waals surface area contributed by atoms with E-state index in [-0.39, 0.29) is 0 Å². The number of likely N-dealkylation sites (tertiary alicyclic amines) is 1. The molecule has 0 unspecified atom stereocenters. The number of piperidine rings is 1. The lowest BCUT2D eigenvalue weighted by Crippen LogP contribution is -2.45. The number of fused-ring (bicyclic) bond motifs is 1. The van der Waals surface area contributed by atoms with Gasteiger partial charge in [-0.05, 0) is 55.4 Å². The molecule has 1 aromatic carbocycles. The number of nitrogens with one attached hydrogen (secondary N) is 2. The van der Waals surface area contributed by atoms with Gasteiger partial charge in [-0.2, -0.15) is 0 Å². The van der Waals surface area contributed by atoms with Crippen molar-refractivity contribution in [3.63, 3.8) is 0 Å². The molecule has 2 aliphatic heterocycles. The van der Waals surface area contributed by atoms with Gasteiger partial charge in [0.1, 0.15) is 0 Å². The van der Waals surface area contributed by atoms with Crippen LogP contribution in [0.5, 0.6) is 0 Å². The van der Waals surface area contributed by atoms with Crippen LogP contribution in [-0.2, 0) is 4.74 Å². The molecule has 0 saturated carbocycles. The highest BCUT2D eigenvalue weighted by molar-refractivity contribution is 7.80. The molecule has 4 rings (SSSR count). The summed E-state index contributed by atoms with van der Waals surface area (Å²) in [6.45, 7) is 3.80. The van der Waals surface area contributed by atoms with Gasteiger partial charge >= 0.3 is 0 Å². The fourth-order valence-electron chi connectivity index (χ4n) is 3.83. The quantitative estimate of drug-likeness (QED) is 0.838. The maximum absolute atomic E-state index is 5.65. The molecule has 3 heterocycles. The number of benzene rings is 1. The van der Waals surface area contributed by atoms with Crippen molar-refractivity contribution in [1.29, 1.82) is 0 Å². The van der Waals surface area contributed by atoms with Crippen LogP contribution in [-0.4, -0.2) is 47.3 Å². The van der Waals surface area contributed by atoms with E-state index in [0.29, 0.717) is 12.0 Å². The highest BCUT2D eigenvalue weighted by Gasteiger charge is 2.24. The van der Waals surface area contributed by atoms with Crippen molar-refractivity contribution in [3.05, 3.63) is 36.0 Å². The fourth-order valence-corrected chi connectivity index (χ4v) is 4.09. The smallest absolute Gasteiger partial charge is 0.169 e. The molecule has 2 aromatic rings. The molecule has 24 heavy (non-hydrogen) atoms. The van der Waals surface area contributed by atoms with Gasteiger partial charge in [-0.25, -0.2) is 0 Å². The molecule has 2 fully saturated rings. The van der Waals surface area contributed by atoms with Gasteiger partial charge in [-0.1, -0.05) is 18.2 Å². The minimum Gasteiger partial charge on any atom is -0.376 e. The van der Waals surface area contributed by atoms with Crippen molar-refractivity contribution >= 4 is 28.2 Å². The third kappa shape index (κ3) is 3.42. The maximum Gasteiger partial charge on any atom is 0.169 e. The van der Waals surface area contributed by atoms with Crippen LogP contribution in [0.1, 0.15) is 37.3 Å².